The minimum absolute atomic E-state index is 0.233. The molecule has 0 aromatic carbocycles. The lowest BCUT2D eigenvalue weighted by Gasteiger charge is -2.30. The summed E-state index contributed by atoms with van der Waals surface area (Å²) < 4.78 is 0. The first kappa shape index (κ1) is 13.0. The van der Waals surface area contributed by atoms with E-state index < -0.39 is 0 Å². The van der Waals surface area contributed by atoms with Crippen molar-refractivity contribution in [3.63, 3.8) is 0 Å². The molecule has 0 radical (unpaired) electrons. The molecule has 4 heteroatoms. The molecule has 98 valence electrons. The molecule has 2 rings (SSSR count). The van der Waals surface area contributed by atoms with Crippen LogP contribution in [-0.4, -0.2) is 35.4 Å². The Balaban J connectivity index is 2.07. The first-order valence-electron chi connectivity index (χ1n) is 6.55. The molecule has 0 bridgehead atoms. The Bertz CT molecular complexity index is 399. The number of hydrogen-bond acceptors (Lipinski definition) is 3. The number of carbonyl (C=O) groups is 1. The van der Waals surface area contributed by atoms with Gasteiger partial charge >= 0.3 is 0 Å². The molecular weight excluding hydrogens is 226 g/mol. The molecule has 1 aliphatic heterocycles. The summed E-state index contributed by atoms with van der Waals surface area (Å²) in [4.78, 5) is 18.5. The molecule has 1 amide bonds. The highest BCUT2D eigenvalue weighted by Gasteiger charge is 2.38. The van der Waals surface area contributed by atoms with E-state index in [4.69, 9.17) is 0 Å². The summed E-state index contributed by atoms with van der Waals surface area (Å²) in [6, 6.07) is 3.93. The van der Waals surface area contributed by atoms with Crippen molar-refractivity contribution in [2.75, 3.05) is 19.6 Å². The third-order valence-corrected chi connectivity index (χ3v) is 3.68. The van der Waals surface area contributed by atoms with Crippen LogP contribution in [0.3, 0.4) is 0 Å². The zero-order valence-corrected chi connectivity index (χ0v) is 11.1. The highest BCUT2D eigenvalue weighted by Crippen LogP contribution is 2.27. The summed E-state index contributed by atoms with van der Waals surface area (Å²) >= 11 is 0. The van der Waals surface area contributed by atoms with Gasteiger partial charge in [0.1, 0.15) is 0 Å². The van der Waals surface area contributed by atoms with Crippen LogP contribution in [0.4, 0.5) is 0 Å². The van der Waals surface area contributed by atoms with Gasteiger partial charge in [-0.3, -0.25) is 9.78 Å². The Morgan fingerprint density at radius 1 is 1.50 bits per heavy atom. The maximum absolute atomic E-state index is 12.6. The Labute approximate surface area is 108 Å². The average molecular weight is 247 g/mol. The predicted octanol–water partition coefficient (Wildman–Crippen LogP) is 1.43. The van der Waals surface area contributed by atoms with E-state index in [1.807, 2.05) is 24.0 Å². The van der Waals surface area contributed by atoms with Crippen LogP contribution >= 0.6 is 0 Å². The molecule has 1 aromatic heterocycles. The molecule has 0 saturated carbocycles. The van der Waals surface area contributed by atoms with Gasteiger partial charge in [-0.1, -0.05) is 0 Å². The number of aromatic nitrogens is 1. The van der Waals surface area contributed by atoms with E-state index in [2.05, 4.69) is 17.2 Å². The van der Waals surface area contributed by atoms with E-state index in [0.29, 0.717) is 6.54 Å². The van der Waals surface area contributed by atoms with E-state index in [9.17, 15) is 4.79 Å². The molecule has 4 nitrogen and oxygen atoms in total. The van der Waals surface area contributed by atoms with Gasteiger partial charge < -0.3 is 10.2 Å². The second kappa shape index (κ2) is 5.48. The van der Waals surface area contributed by atoms with Crippen LogP contribution in [0.2, 0.25) is 0 Å². The smallest absolute Gasteiger partial charge is 0.230 e. The molecule has 1 unspecified atom stereocenters. The Kier molecular flexibility index (Phi) is 3.97. The molecular formula is C14H21N3O. The number of hydrogen-bond donors (Lipinski definition) is 1. The van der Waals surface area contributed by atoms with Crippen LogP contribution in [0, 0.1) is 5.41 Å². The van der Waals surface area contributed by atoms with Crippen molar-refractivity contribution in [1.29, 1.82) is 0 Å². The van der Waals surface area contributed by atoms with Crippen molar-refractivity contribution in [2.45, 2.75) is 26.8 Å². The summed E-state index contributed by atoms with van der Waals surface area (Å²) in [5.74, 6) is 0.256. The van der Waals surface area contributed by atoms with Gasteiger partial charge in [0.05, 0.1) is 5.41 Å². The fourth-order valence-electron chi connectivity index (χ4n) is 2.42. The Hall–Kier alpha value is -1.42. The third kappa shape index (κ3) is 2.70. The second-order valence-corrected chi connectivity index (χ2v) is 5.16. The van der Waals surface area contributed by atoms with Crippen LogP contribution in [0.15, 0.2) is 24.5 Å². The van der Waals surface area contributed by atoms with Crippen LogP contribution in [0.5, 0.6) is 0 Å². The SMILES string of the molecule is CCN(Cc1ccncc1)C(=O)C1(C)CCNC1. The molecule has 2 heterocycles. The first-order valence-corrected chi connectivity index (χ1v) is 6.55. The molecule has 1 atom stereocenters. The minimum atomic E-state index is -0.233. The Morgan fingerprint density at radius 3 is 2.78 bits per heavy atom. The topological polar surface area (TPSA) is 45.2 Å². The van der Waals surface area contributed by atoms with Crippen LogP contribution in [0.1, 0.15) is 25.8 Å². The summed E-state index contributed by atoms with van der Waals surface area (Å²) in [5.41, 5.74) is 0.901. The lowest BCUT2D eigenvalue weighted by Crippen LogP contribution is -2.43. The molecule has 1 fully saturated rings. The molecule has 1 saturated heterocycles. The first-order chi connectivity index (χ1) is 8.65. The highest BCUT2D eigenvalue weighted by atomic mass is 16.2. The van der Waals surface area contributed by atoms with Crippen molar-refractivity contribution in [3.05, 3.63) is 30.1 Å². The molecule has 0 spiro atoms. The standard InChI is InChI=1S/C14H21N3O/c1-3-17(10-12-4-7-15-8-5-12)13(18)14(2)6-9-16-11-14/h4-5,7-8,16H,3,6,9-11H2,1-2H3. The fraction of sp³-hybridized carbons (Fsp3) is 0.571. The number of nitrogens with zero attached hydrogens (tertiary/aromatic N) is 2. The van der Waals surface area contributed by atoms with Crippen molar-refractivity contribution >= 4 is 5.91 Å². The lowest BCUT2D eigenvalue weighted by atomic mass is 9.88. The van der Waals surface area contributed by atoms with Gasteiger partial charge in [0, 0.05) is 32.0 Å². The van der Waals surface area contributed by atoms with Crippen LogP contribution < -0.4 is 5.32 Å². The monoisotopic (exact) mass is 247 g/mol. The molecule has 0 aliphatic carbocycles. The summed E-state index contributed by atoms with van der Waals surface area (Å²) in [7, 11) is 0. The zero-order valence-electron chi connectivity index (χ0n) is 11.1. The molecule has 1 N–H and O–H groups in total. The van der Waals surface area contributed by atoms with Gasteiger partial charge in [-0.2, -0.15) is 0 Å². The maximum atomic E-state index is 12.6. The molecule has 1 aromatic rings. The number of amides is 1. The number of carbonyl (C=O) groups excluding carboxylic acids is 1. The van der Waals surface area contributed by atoms with Crippen molar-refractivity contribution in [2.24, 2.45) is 5.41 Å². The highest BCUT2D eigenvalue weighted by molar-refractivity contribution is 5.83. The van der Waals surface area contributed by atoms with E-state index in [0.717, 1.165) is 31.6 Å². The van der Waals surface area contributed by atoms with Crippen molar-refractivity contribution < 1.29 is 4.79 Å². The largest absolute Gasteiger partial charge is 0.338 e. The van der Waals surface area contributed by atoms with Gasteiger partial charge in [-0.15, -0.1) is 0 Å². The zero-order chi connectivity index (χ0) is 13.0. The van der Waals surface area contributed by atoms with Crippen LogP contribution in [-0.2, 0) is 11.3 Å². The van der Waals surface area contributed by atoms with Gasteiger partial charge in [0.2, 0.25) is 5.91 Å². The molecule has 18 heavy (non-hydrogen) atoms. The Morgan fingerprint density at radius 2 is 2.22 bits per heavy atom. The maximum Gasteiger partial charge on any atom is 0.230 e. The van der Waals surface area contributed by atoms with Crippen LogP contribution in [0.25, 0.3) is 0 Å². The average Bonchev–Trinajstić information content (AvgIpc) is 2.84. The minimum Gasteiger partial charge on any atom is -0.338 e. The predicted molar refractivity (Wildman–Crippen MR) is 70.9 cm³/mol. The van der Waals surface area contributed by atoms with E-state index in [-0.39, 0.29) is 11.3 Å². The van der Waals surface area contributed by atoms with Gasteiger partial charge in [-0.25, -0.2) is 0 Å². The van der Waals surface area contributed by atoms with Crippen molar-refractivity contribution in [3.8, 4) is 0 Å². The summed E-state index contributed by atoms with van der Waals surface area (Å²) in [5, 5.41) is 3.28. The fourth-order valence-corrected chi connectivity index (χ4v) is 2.42. The van der Waals surface area contributed by atoms with E-state index in [1.54, 1.807) is 12.4 Å². The second-order valence-electron chi connectivity index (χ2n) is 5.16. The lowest BCUT2D eigenvalue weighted by molar-refractivity contribution is -0.140. The third-order valence-electron chi connectivity index (χ3n) is 3.68. The normalized spacial score (nSPS) is 23.0. The number of pyridine rings is 1. The number of rotatable bonds is 4. The van der Waals surface area contributed by atoms with Gasteiger partial charge in [-0.05, 0) is 44.5 Å². The summed E-state index contributed by atoms with van der Waals surface area (Å²) in [6.45, 7) is 7.24. The molecule has 1 aliphatic rings. The van der Waals surface area contributed by atoms with E-state index >= 15 is 0 Å². The summed E-state index contributed by atoms with van der Waals surface area (Å²) in [6.07, 6.45) is 4.47. The van der Waals surface area contributed by atoms with Gasteiger partial charge in [0.25, 0.3) is 0 Å². The van der Waals surface area contributed by atoms with Crippen molar-refractivity contribution in [1.82, 2.24) is 15.2 Å². The quantitative estimate of drug-likeness (QED) is 0.875. The van der Waals surface area contributed by atoms with Gasteiger partial charge in [0.15, 0.2) is 0 Å². The number of nitrogens with one attached hydrogen (secondary N) is 1. The van der Waals surface area contributed by atoms with E-state index in [1.165, 1.54) is 0 Å².